The van der Waals surface area contributed by atoms with Crippen molar-refractivity contribution in [2.75, 3.05) is 11.8 Å². The van der Waals surface area contributed by atoms with Gasteiger partial charge in [0.1, 0.15) is 0 Å². The first-order chi connectivity index (χ1) is 16.1. The van der Waals surface area contributed by atoms with Crippen molar-refractivity contribution in [1.82, 2.24) is 5.32 Å². The highest BCUT2D eigenvalue weighted by Gasteiger charge is 2.17. The van der Waals surface area contributed by atoms with Gasteiger partial charge in [-0.05, 0) is 68.8 Å². The van der Waals surface area contributed by atoms with Crippen LogP contribution < -0.4 is 19.5 Å². The number of sulfonamides is 1. The number of amides is 1. The molecule has 3 aromatic carbocycles. The molecule has 9 heteroatoms. The van der Waals surface area contributed by atoms with Crippen LogP contribution in [0.15, 0.2) is 65.6 Å². The molecule has 0 fully saturated rings. The highest BCUT2D eigenvalue weighted by molar-refractivity contribution is 7.92. The van der Waals surface area contributed by atoms with Crippen LogP contribution in [0.4, 0.5) is 5.69 Å². The predicted molar refractivity (Wildman–Crippen MR) is 133 cm³/mol. The summed E-state index contributed by atoms with van der Waals surface area (Å²) in [7, 11) is -2.26. The summed E-state index contributed by atoms with van der Waals surface area (Å²) in [6.45, 7) is 5.93. The van der Waals surface area contributed by atoms with Crippen LogP contribution in [0.25, 0.3) is 0 Å². The Morgan fingerprint density at radius 2 is 1.71 bits per heavy atom. The van der Waals surface area contributed by atoms with Crippen LogP contribution in [0.5, 0.6) is 11.5 Å². The molecule has 0 saturated carbocycles. The van der Waals surface area contributed by atoms with Gasteiger partial charge < -0.3 is 14.8 Å². The lowest BCUT2D eigenvalue weighted by Crippen LogP contribution is -2.23. The van der Waals surface area contributed by atoms with Crippen LogP contribution in [-0.4, -0.2) is 27.5 Å². The number of aryl methyl sites for hydroxylation is 1. The molecule has 7 nitrogen and oxygen atoms in total. The van der Waals surface area contributed by atoms with Gasteiger partial charge in [0, 0.05) is 12.2 Å². The second-order valence-corrected chi connectivity index (χ2v) is 10.0. The molecule has 0 aliphatic rings. The van der Waals surface area contributed by atoms with Crippen LogP contribution in [0.1, 0.15) is 35.3 Å². The summed E-state index contributed by atoms with van der Waals surface area (Å²) in [5, 5.41) is 3.00. The number of carbonyl (C=O) groups is 1. The van der Waals surface area contributed by atoms with Gasteiger partial charge in [-0.1, -0.05) is 35.4 Å². The summed E-state index contributed by atoms with van der Waals surface area (Å²) in [4.78, 5) is 12.9. The van der Waals surface area contributed by atoms with E-state index in [9.17, 15) is 13.2 Å². The second kappa shape index (κ2) is 10.8. The molecule has 0 aliphatic carbocycles. The number of ether oxygens (including phenoxy) is 2. The molecule has 3 rings (SSSR count). The molecule has 0 saturated heterocycles. The first kappa shape index (κ1) is 25.4. The van der Waals surface area contributed by atoms with E-state index in [2.05, 4.69) is 10.0 Å². The average molecular weight is 503 g/mol. The minimum atomic E-state index is -3.81. The summed E-state index contributed by atoms with van der Waals surface area (Å²) in [5.74, 6) is 0.734. The molecule has 0 radical (unpaired) electrons. The first-order valence-electron chi connectivity index (χ1n) is 10.6. The molecule has 2 N–H and O–H groups in total. The van der Waals surface area contributed by atoms with Gasteiger partial charge in [0.25, 0.3) is 15.9 Å². The van der Waals surface area contributed by atoms with Crippen LogP contribution in [-0.2, 0) is 16.6 Å². The molecule has 0 atom stereocenters. The molecule has 0 spiro atoms. The van der Waals surface area contributed by atoms with Crippen LogP contribution in [0, 0.1) is 6.92 Å². The van der Waals surface area contributed by atoms with E-state index in [4.69, 9.17) is 21.1 Å². The highest BCUT2D eigenvalue weighted by atomic mass is 35.5. The smallest absolute Gasteiger partial charge is 0.261 e. The largest absolute Gasteiger partial charge is 0.493 e. The number of hydrogen-bond donors (Lipinski definition) is 2. The van der Waals surface area contributed by atoms with Crippen LogP contribution in [0.2, 0.25) is 5.02 Å². The first-order valence-corrected chi connectivity index (χ1v) is 12.5. The van der Waals surface area contributed by atoms with Crippen molar-refractivity contribution in [2.45, 2.75) is 38.3 Å². The van der Waals surface area contributed by atoms with Crippen molar-refractivity contribution < 1.29 is 22.7 Å². The Hall–Kier alpha value is -3.23. The number of hydrogen-bond acceptors (Lipinski definition) is 5. The SMILES string of the molecule is COc1cc(CNC(=O)c2cc(NS(=O)(=O)c3ccc(C)cc3)ccc2Cl)ccc1OC(C)C. The normalized spacial score (nSPS) is 11.2. The van der Waals surface area contributed by atoms with Crippen molar-refractivity contribution in [1.29, 1.82) is 0 Å². The number of carbonyl (C=O) groups excluding carboxylic acids is 1. The third kappa shape index (κ3) is 6.42. The Morgan fingerprint density at radius 3 is 2.35 bits per heavy atom. The minimum Gasteiger partial charge on any atom is -0.493 e. The van der Waals surface area contributed by atoms with Crippen molar-refractivity contribution in [3.8, 4) is 11.5 Å². The molecule has 3 aromatic rings. The van der Waals surface area contributed by atoms with Gasteiger partial charge in [0.2, 0.25) is 0 Å². The van der Waals surface area contributed by atoms with E-state index in [0.717, 1.165) is 11.1 Å². The molecule has 0 aliphatic heterocycles. The van der Waals surface area contributed by atoms with E-state index in [1.807, 2.05) is 26.8 Å². The second-order valence-electron chi connectivity index (χ2n) is 7.95. The zero-order valence-corrected chi connectivity index (χ0v) is 21.0. The summed E-state index contributed by atoms with van der Waals surface area (Å²) >= 11 is 6.22. The van der Waals surface area contributed by atoms with E-state index >= 15 is 0 Å². The van der Waals surface area contributed by atoms with Gasteiger partial charge in [-0.25, -0.2) is 8.42 Å². The molecule has 1 amide bonds. The van der Waals surface area contributed by atoms with E-state index in [1.165, 1.54) is 30.3 Å². The number of halogens is 1. The molecular weight excluding hydrogens is 476 g/mol. The maximum absolute atomic E-state index is 12.8. The number of benzene rings is 3. The monoisotopic (exact) mass is 502 g/mol. The average Bonchev–Trinajstić information content (AvgIpc) is 2.79. The van der Waals surface area contributed by atoms with E-state index in [0.29, 0.717) is 11.5 Å². The van der Waals surface area contributed by atoms with Gasteiger partial charge in [0.15, 0.2) is 11.5 Å². The van der Waals surface area contributed by atoms with Crippen LogP contribution in [0.3, 0.4) is 0 Å². The Kier molecular flexibility index (Phi) is 8.06. The molecule has 180 valence electrons. The number of nitrogens with one attached hydrogen (secondary N) is 2. The standard InChI is InChI=1S/C25H27ClN2O5S/c1-16(2)33-23-12-7-18(13-24(23)32-4)15-27-25(29)21-14-19(8-11-22(21)26)28-34(30,31)20-9-5-17(3)6-10-20/h5-14,16,28H,15H2,1-4H3,(H,27,29). The lowest BCUT2D eigenvalue weighted by Gasteiger charge is -2.15. The maximum atomic E-state index is 12.8. The Balaban J connectivity index is 1.73. The summed E-state index contributed by atoms with van der Waals surface area (Å²) in [6, 6.07) is 16.3. The lowest BCUT2D eigenvalue weighted by molar-refractivity contribution is 0.0951. The third-order valence-electron chi connectivity index (χ3n) is 4.84. The molecule has 0 unspecified atom stereocenters. The molecule has 0 bridgehead atoms. The number of methoxy groups -OCH3 is 1. The van der Waals surface area contributed by atoms with Crippen molar-refractivity contribution in [2.24, 2.45) is 0 Å². The fourth-order valence-electron chi connectivity index (χ4n) is 3.15. The van der Waals surface area contributed by atoms with E-state index < -0.39 is 15.9 Å². The minimum absolute atomic E-state index is 0.00250. The zero-order valence-electron chi connectivity index (χ0n) is 19.4. The molecule has 0 heterocycles. The highest BCUT2D eigenvalue weighted by Crippen LogP contribution is 2.29. The van der Waals surface area contributed by atoms with Gasteiger partial charge in [-0.2, -0.15) is 0 Å². The topological polar surface area (TPSA) is 93.7 Å². The maximum Gasteiger partial charge on any atom is 0.261 e. The van der Waals surface area contributed by atoms with Gasteiger partial charge in [-0.3, -0.25) is 9.52 Å². The third-order valence-corrected chi connectivity index (χ3v) is 6.57. The fraction of sp³-hybridized carbons (Fsp3) is 0.240. The van der Waals surface area contributed by atoms with E-state index in [1.54, 1.807) is 31.4 Å². The van der Waals surface area contributed by atoms with Crippen molar-refractivity contribution in [3.63, 3.8) is 0 Å². The van der Waals surface area contributed by atoms with Gasteiger partial charge in [0.05, 0.1) is 28.7 Å². The summed E-state index contributed by atoms with van der Waals surface area (Å²) in [5.41, 5.74) is 2.13. The Bertz CT molecular complexity index is 1270. The van der Waals surface area contributed by atoms with Crippen LogP contribution >= 0.6 is 11.6 Å². The predicted octanol–water partition coefficient (Wildman–Crippen LogP) is 5.18. The fourth-order valence-corrected chi connectivity index (χ4v) is 4.40. The van der Waals surface area contributed by atoms with Gasteiger partial charge >= 0.3 is 0 Å². The quantitative estimate of drug-likeness (QED) is 0.420. The molecule has 34 heavy (non-hydrogen) atoms. The zero-order chi connectivity index (χ0) is 24.9. The molecular formula is C25H27ClN2O5S. The summed E-state index contributed by atoms with van der Waals surface area (Å²) in [6.07, 6.45) is -0.00250. The Morgan fingerprint density at radius 1 is 1.00 bits per heavy atom. The summed E-state index contributed by atoms with van der Waals surface area (Å²) < 4.78 is 38.9. The number of rotatable bonds is 9. The Labute approximate surface area is 205 Å². The van der Waals surface area contributed by atoms with E-state index in [-0.39, 0.29) is 33.8 Å². The van der Waals surface area contributed by atoms with Gasteiger partial charge in [-0.15, -0.1) is 0 Å². The number of anilines is 1. The molecule has 0 aromatic heterocycles. The van der Waals surface area contributed by atoms with Crippen molar-refractivity contribution in [3.05, 3.63) is 82.4 Å². The van der Waals surface area contributed by atoms with Crippen molar-refractivity contribution >= 4 is 33.2 Å². The lowest BCUT2D eigenvalue weighted by atomic mass is 10.1.